The van der Waals surface area contributed by atoms with Crippen molar-refractivity contribution in [3.05, 3.63) is 101 Å². The molecule has 0 spiro atoms. The molecule has 4 bridgehead atoms. The molecule has 4 saturated carbocycles. The number of nitrogens with one attached hydrogen (secondary N) is 1. The van der Waals surface area contributed by atoms with Gasteiger partial charge in [-0.2, -0.15) is 0 Å². The van der Waals surface area contributed by atoms with Crippen LogP contribution in [0.3, 0.4) is 0 Å². The minimum Gasteiger partial charge on any atom is -0.352 e. The third kappa shape index (κ3) is 7.40. The number of anilines is 1. The van der Waals surface area contributed by atoms with E-state index in [1.165, 1.54) is 55.1 Å². The van der Waals surface area contributed by atoms with E-state index in [0.29, 0.717) is 5.69 Å². The molecule has 4 aliphatic rings. The van der Waals surface area contributed by atoms with Gasteiger partial charge in [0.15, 0.2) is 0 Å². The van der Waals surface area contributed by atoms with E-state index >= 15 is 0 Å². The predicted octanol–water partition coefficient (Wildman–Crippen LogP) is 6.22. The topological polar surface area (TPSA) is 86.8 Å². The Bertz CT molecular complexity index is 1660. The molecular formula is C38H46FN3O4S. The standard InChI is InChI=1S/C38H46FN3O4S/c1-26(2)40-37(44)35(20-27-9-5-4-6-10-27)41(24-31-11-7-8-12-34(31)39)36(43)25-42(47(3,45)46)33-15-13-32(14-16-33)38-21-28-17-29(22-38)19-30(18-28)23-38/h4-16,26,28-30,35H,17-25H2,1-3H3,(H,40,44)/t28?,29?,30?,35-,38?/m1/s1. The lowest BCUT2D eigenvalue weighted by Crippen LogP contribution is -2.54. The average molecular weight is 660 g/mol. The second-order valence-corrected chi connectivity index (χ2v) is 16.4. The van der Waals surface area contributed by atoms with Crippen LogP contribution < -0.4 is 9.62 Å². The molecule has 4 fully saturated rings. The van der Waals surface area contributed by atoms with Crippen LogP contribution in [0.1, 0.15) is 69.1 Å². The zero-order valence-corrected chi connectivity index (χ0v) is 28.4. The molecule has 47 heavy (non-hydrogen) atoms. The first-order valence-corrected chi connectivity index (χ1v) is 18.7. The van der Waals surface area contributed by atoms with Gasteiger partial charge in [-0.25, -0.2) is 12.8 Å². The van der Waals surface area contributed by atoms with Crippen molar-refractivity contribution in [3.8, 4) is 0 Å². The molecular weight excluding hydrogens is 614 g/mol. The smallest absolute Gasteiger partial charge is 0.244 e. The third-order valence-corrected chi connectivity index (χ3v) is 11.6. The molecule has 250 valence electrons. The fourth-order valence-electron chi connectivity index (χ4n) is 8.80. The molecule has 9 heteroatoms. The highest BCUT2D eigenvalue weighted by Gasteiger charge is 2.51. The fraction of sp³-hybridized carbons (Fsp3) is 0.474. The minimum atomic E-state index is -3.90. The van der Waals surface area contributed by atoms with E-state index in [2.05, 4.69) is 17.4 Å². The van der Waals surface area contributed by atoms with Crippen LogP contribution >= 0.6 is 0 Å². The molecule has 3 aromatic rings. The summed E-state index contributed by atoms with van der Waals surface area (Å²) in [4.78, 5) is 29.4. The van der Waals surface area contributed by atoms with Crippen LogP contribution in [0.5, 0.6) is 0 Å². The zero-order chi connectivity index (χ0) is 33.3. The van der Waals surface area contributed by atoms with Gasteiger partial charge in [0.05, 0.1) is 11.9 Å². The summed E-state index contributed by atoms with van der Waals surface area (Å²) in [6.07, 6.45) is 8.86. The number of sulfonamides is 1. The van der Waals surface area contributed by atoms with Gasteiger partial charge in [-0.15, -0.1) is 0 Å². The van der Waals surface area contributed by atoms with Gasteiger partial charge >= 0.3 is 0 Å². The summed E-state index contributed by atoms with van der Waals surface area (Å²) in [5.41, 5.74) is 2.87. The quantitative estimate of drug-likeness (QED) is 0.250. The minimum absolute atomic E-state index is 0.157. The van der Waals surface area contributed by atoms with Gasteiger partial charge in [0, 0.05) is 24.6 Å². The van der Waals surface area contributed by atoms with Gasteiger partial charge in [0.25, 0.3) is 0 Å². The molecule has 7 rings (SSSR count). The highest BCUT2D eigenvalue weighted by Crippen LogP contribution is 2.60. The lowest BCUT2D eigenvalue weighted by atomic mass is 9.48. The Labute approximate surface area is 278 Å². The van der Waals surface area contributed by atoms with E-state index < -0.39 is 34.3 Å². The van der Waals surface area contributed by atoms with Gasteiger partial charge in [-0.1, -0.05) is 60.7 Å². The normalized spacial score (nSPS) is 23.8. The maximum atomic E-state index is 15.0. The second kappa shape index (κ2) is 13.4. The molecule has 0 aliphatic heterocycles. The van der Waals surface area contributed by atoms with Crippen molar-refractivity contribution in [1.29, 1.82) is 0 Å². The number of amides is 2. The molecule has 7 nitrogen and oxygen atoms in total. The van der Waals surface area contributed by atoms with Crippen LogP contribution in [-0.2, 0) is 38.0 Å². The number of hydrogen-bond donors (Lipinski definition) is 1. The van der Waals surface area contributed by atoms with Crippen LogP contribution in [0.15, 0.2) is 78.9 Å². The van der Waals surface area contributed by atoms with Crippen molar-refractivity contribution in [3.63, 3.8) is 0 Å². The molecule has 3 aromatic carbocycles. The molecule has 4 aliphatic carbocycles. The molecule has 0 unspecified atom stereocenters. The Morgan fingerprint density at radius 2 is 1.45 bits per heavy atom. The van der Waals surface area contributed by atoms with Gasteiger partial charge in [0.1, 0.15) is 18.4 Å². The highest BCUT2D eigenvalue weighted by molar-refractivity contribution is 7.92. The molecule has 1 atom stereocenters. The predicted molar refractivity (Wildman–Crippen MR) is 183 cm³/mol. The van der Waals surface area contributed by atoms with Crippen molar-refractivity contribution >= 4 is 27.5 Å². The van der Waals surface area contributed by atoms with E-state index in [-0.39, 0.29) is 35.9 Å². The Hall–Kier alpha value is -3.72. The lowest BCUT2D eigenvalue weighted by Gasteiger charge is -2.57. The average Bonchev–Trinajstić information content (AvgIpc) is 3.01. The molecule has 2 amide bonds. The van der Waals surface area contributed by atoms with Crippen molar-refractivity contribution in [1.82, 2.24) is 10.2 Å². The van der Waals surface area contributed by atoms with Crippen molar-refractivity contribution < 1.29 is 22.4 Å². The summed E-state index contributed by atoms with van der Waals surface area (Å²) >= 11 is 0. The van der Waals surface area contributed by atoms with Crippen molar-refractivity contribution in [2.24, 2.45) is 17.8 Å². The molecule has 0 aromatic heterocycles. The number of benzene rings is 3. The number of nitrogens with zero attached hydrogens (tertiary/aromatic N) is 2. The van der Waals surface area contributed by atoms with Gasteiger partial charge < -0.3 is 10.2 Å². The largest absolute Gasteiger partial charge is 0.352 e. The number of halogens is 1. The van der Waals surface area contributed by atoms with E-state index in [4.69, 9.17) is 0 Å². The first-order valence-electron chi connectivity index (χ1n) is 16.9. The number of carbonyl (C=O) groups is 2. The highest BCUT2D eigenvalue weighted by atomic mass is 32.2. The number of hydrogen-bond acceptors (Lipinski definition) is 4. The summed E-state index contributed by atoms with van der Waals surface area (Å²) in [5.74, 6) is 0.853. The van der Waals surface area contributed by atoms with E-state index in [9.17, 15) is 22.4 Å². The Balaban J connectivity index is 1.31. The fourth-order valence-corrected chi connectivity index (χ4v) is 9.65. The second-order valence-electron chi connectivity index (χ2n) is 14.5. The summed E-state index contributed by atoms with van der Waals surface area (Å²) in [5, 5.41) is 2.92. The number of rotatable bonds is 12. The lowest BCUT2D eigenvalue weighted by molar-refractivity contribution is -0.140. The van der Waals surface area contributed by atoms with Gasteiger partial charge in [-0.05, 0) is 105 Å². The summed E-state index contributed by atoms with van der Waals surface area (Å²) in [6, 6.07) is 22.0. The molecule has 0 saturated heterocycles. The van der Waals surface area contributed by atoms with Crippen LogP contribution in [-0.4, -0.2) is 50.0 Å². The molecule has 0 heterocycles. The summed E-state index contributed by atoms with van der Waals surface area (Å²) < 4.78 is 42.6. The summed E-state index contributed by atoms with van der Waals surface area (Å²) in [6.45, 7) is 2.94. The van der Waals surface area contributed by atoms with Crippen LogP contribution in [0.4, 0.5) is 10.1 Å². The first-order chi connectivity index (χ1) is 22.4. The van der Waals surface area contributed by atoms with Gasteiger partial charge in [-0.3, -0.25) is 13.9 Å². The molecule has 1 N–H and O–H groups in total. The Morgan fingerprint density at radius 1 is 0.872 bits per heavy atom. The maximum absolute atomic E-state index is 15.0. The Kier molecular flexibility index (Phi) is 9.47. The number of carbonyl (C=O) groups excluding carboxylic acids is 2. The van der Waals surface area contributed by atoms with Crippen molar-refractivity contribution in [2.45, 2.75) is 82.8 Å². The Morgan fingerprint density at radius 3 is 2.00 bits per heavy atom. The first kappa shape index (κ1) is 33.2. The SMILES string of the molecule is CC(C)NC(=O)[C@@H](Cc1ccccc1)N(Cc1ccccc1F)C(=O)CN(c1ccc(C23CC4CC(CC(C4)C2)C3)cc1)S(C)(=O)=O. The summed E-state index contributed by atoms with van der Waals surface area (Å²) in [7, 11) is -3.90. The van der Waals surface area contributed by atoms with E-state index in [1.54, 1.807) is 18.2 Å². The van der Waals surface area contributed by atoms with E-state index in [1.807, 2.05) is 56.3 Å². The van der Waals surface area contributed by atoms with Crippen molar-refractivity contribution in [2.75, 3.05) is 17.1 Å². The monoisotopic (exact) mass is 659 g/mol. The molecule has 0 radical (unpaired) electrons. The maximum Gasteiger partial charge on any atom is 0.244 e. The van der Waals surface area contributed by atoms with Gasteiger partial charge in [0.2, 0.25) is 21.8 Å². The van der Waals surface area contributed by atoms with Crippen LogP contribution in [0.2, 0.25) is 0 Å². The van der Waals surface area contributed by atoms with Crippen LogP contribution in [0, 0.1) is 23.6 Å². The zero-order valence-electron chi connectivity index (χ0n) is 27.6. The van der Waals surface area contributed by atoms with E-state index in [0.717, 1.165) is 33.9 Å². The van der Waals surface area contributed by atoms with Crippen LogP contribution in [0.25, 0.3) is 0 Å². The third-order valence-electron chi connectivity index (χ3n) is 10.5.